The van der Waals surface area contributed by atoms with Gasteiger partial charge in [0, 0.05) is 30.2 Å². The molecule has 2 heterocycles. The number of aromatic nitrogens is 1. The number of carbonyl (C=O) groups excluding carboxylic acids is 2. The van der Waals surface area contributed by atoms with Crippen LogP contribution in [0.3, 0.4) is 0 Å². The molecule has 0 bridgehead atoms. The van der Waals surface area contributed by atoms with Gasteiger partial charge in [0.2, 0.25) is 5.91 Å². The van der Waals surface area contributed by atoms with Gasteiger partial charge in [-0.25, -0.2) is 13.8 Å². The highest BCUT2D eigenvalue weighted by Gasteiger charge is 2.32. The smallest absolute Gasteiger partial charge is 0.414 e. The Bertz CT molecular complexity index is 1220. The fraction of sp³-hybridized carbons (Fsp3) is 0.321. The highest BCUT2D eigenvalue weighted by atomic mass is 79.9. The number of benzene rings is 2. The summed E-state index contributed by atoms with van der Waals surface area (Å²) >= 11 is 0. The summed E-state index contributed by atoms with van der Waals surface area (Å²) in [5.41, 5.74) is 4.24. The predicted molar refractivity (Wildman–Crippen MR) is 133 cm³/mol. The van der Waals surface area contributed by atoms with Gasteiger partial charge in [-0.05, 0) is 34.7 Å². The van der Waals surface area contributed by atoms with Gasteiger partial charge in [0.15, 0.2) is 18.9 Å². The molecule has 2 aromatic carbocycles. The Kier molecular flexibility index (Phi) is 8.51. The van der Waals surface area contributed by atoms with E-state index in [-0.39, 0.29) is 41.4 Å². The van der Waals surface area contributed by atoms with E-state index in [0.717, 1.165) is 12.1 Å². The lowest BCUT2D eigenvalue weighted by Crippen LogP contribution is -3.00. The molecule has 1 N–H and O–H groups in total. The van der Waals surface area contributed by atoms with Crippen LogP contribution >= 0.6 is 0 Å². The molecule has 1 saturated heterocycles. The second kappa shape index (κ2) is 11.2. The Labute approximate surface area is 221 Å². The molecule has 36 heavy (non-hydrogen) atoms. The van der Waals surface area contributed by atoms with Gasteiger partial charge < -0.3 is 27.0 Å². The van der Waals surface area contributed by atoms with Crippen molar-refractivity contribution in [1.29, 1.82) is 0 Å². The van der Waals surface area contributed by atoms with Crippen LogP contribution in [0.2, 0.25) is 0 Å². The molecule has 4 rings (SSSR count). The monoisotopic (exact) mass is 555 g/mol. The lowest BCUT2D eigenvalue weighted by molar-refractivity contribution is -0.688. The first-order valence-corrected chi connectivity index (χ1v) is 11.7. The zero-order valence-corrected chi connectivity index (χ0v) is 22.5. The van der Waals surface area contributed by atoms with E-state index >= 15 is 4.39 Å². The van der Waals surface area contributed by atoms with Crippen LogP contribution in [0.5, 0.6) is 0 Å². The molecule has 1 aromatic heterocycles. The van der Waals surface area contributed by atoms with Crippen molar-refractivity contribution in [1.82, 2.24) is 5.32 Å². The zero-order valence-electron chi connectivity index (χ0n) is 20.9. The number of nitrogens with zero attached hydrogens (tertiary/aromatic N) is 2. The maximum Gasteiger partial charge on any atom is 0.414 e. The van der Waals surface area contributed by atoms with Crippen molar-refractivity contribution in [3.05, 3.63) is 83.9 Å². The Balaban J connectivity index is 0.00000361. The highest BCUT2D eigenvalue weighted by Crippen LogP contribution is 2.29. The molecule has 0 aliphatic carbocycles. The Hall–Kier alpha value is -3.26. The summed E-state index contributed by atoms with van der Waals surface area (Å²) in [6, 6.07) is 17.1. The number of hydrogen-bond acceptors (Lipinski definition) is 3. The molecule has 1 aliphatic rings. The maximum atomic E-state index is 15.0. The molecule has 0 spiro atoms. The molecule has 1 atom stereocenters. The summed E-state index contributed by atoms with van der Waals surface area (Å²) < 4.78 is 22.3. The first kappa shape index (κ1) is 27.3. The van der Waals surface area contributed by atoms with E-state index in [1.54, 1.807) is 12.1 Å². The number of ether oxygens (including phenoxy) is 1. The SMILES string of the molecule is CC(=O)NCC1CN(c2ccc(-c3cc[n+](Cc4ccc(C(C)(C)C)cc4)cc3)c(F)c2)C(=O)O1.[Br-]. The molecular weight excluding hydrogens is 525 g/mol. The predicted octanol–water partition coefficient (Wildman–Crippen LogP) is 1.59. The Morgan fingerprint density at radius 1 is 1.11 bits per heavy atom. The maximum absolute atomic E-state index is 15.0. The lowest BCUT2D eigenvalue weighted by Gasteiger charge is -2.18. The van der Waals surface area contributed by atoms with Crippen molar-refractivity contribution >= 4 is 17.7 Å². The average molecular weight is 556 g/mol. The molecule has 0 saturated carbocycles. The van der Waals surface area contributed by atoms with Crippen molar-refractivity contribution in [2.24, 2.45) is 0 Å². The molecule has 6 nitrogen and oxygen atoms in total. The van der Waals surface area contributed by atoms with Crippen LogP contribution in [0.4, 0.5) is 14.9 Å². The molecule has 2 amide bonds. The van der Waals surface area contributed by atoms with Gasteiger partial charge in [0.1, 0.15) is 11.9 Å². The number of cyclic esters (lactones) is 1. The second-order valence-corrected chi connectivity index (χ2v) is 9.92. The number of hydrogen-bond donors (Lipinski definition) is 1. The largest absolute Gasteiger partial charge is 1.00 e. The van der Waals surface area contributed by atoms with Crippen LogP contribution < -0.4 is 31.8 Å². The number of pyridine rings is 1. The van der Waals surface area contributed by atoms with Crippen molar-refractivity contribution in [3.8, 4) is 11.1 Å². The highest BCUT2D eigenvalue weighted by molar-refractivity contribution is 5.90. The van der Waals surface area contributed by atoms with E-state index in [1.165, 1.54) is 29.0 Å². The minimum atomic E-state index is -0.552. The molecule has 190 valence electrons. The Morgan fingerprint density at radius 3 is 2.36 bits per heavy atom. The van der Waals surface area contributed by atoms with E-state index < -0.39 is 18.0 Å². The number of anilines is 1. The van der Waals surface area contributed by atoms with Crippen LogP contribution in [0.15, 0.2) is 67.0 Å². The van der Waals surface area contributed by atoms with Crippen molar-refractivity contribution in [2.45, 2.75) is 45.8 Å². The molecular formula is C28H31BrFN3O3. The third-order valence-electron chi connectivity index (χ3n) is 6.10. The van der Waals surface area contributed by atoms with Crippen molar-refractivity contribution < 1.29 is 40.3 Å². The Morgan fingerprint density at radius 2 is 1.78 bits per heavy atom. The third-order valence-corrected chi connectivity index (χ3v) is 6.10. The average Bonchev–Trinajstić information content (AvgIpc) is 3.18. The van der Waals surface area contributed by atoms with Gasteiger partial charge in [0.05, 0.1) is 18.8 Å². The van der Waals surface area contributed by atoms with Crippen LogP contribution in [-0.4, -0.2) is 31.2 Å². The van der Waals surface area contributed by atoms with Gasteiger partial charge in [-0.1, -0.05) is 45.0 Å². The van der Waals surface area contributed by atoms with Crippen LogP contribution in [-0.2, 0) is 21.5 Å². The van der Waals surface area contributed by atoms with E-state index in [2.05, 4.69) is 54.9 Å². The first-order valence-electron chi connectivity index (χ1n) is 11.7. The number of carbonyl (C=O) groups is 2. The lowest BCUT2D eigenvalue weighted by atomic mass is 9.87. The molecule has 0 radical (unpaired) electrons. The number of rotatable bonds is 6. The summed E-state index contributed by atoms with van der Waals surface area (Å²) in [6.45, 7) is 9.19. The third kappa shape index (κ3) is 6.49. The van der Waals surface area contributed by atoms with Gasteiger partial charge >= 0.3 is 6.09 Å². The van der Waals surface area contributed by atoms with Gasteiger partial charge in [0.25, 0.3) is 0 Å². The van der Waals surface area contributed by atoms with E-state index in [9.17, 15) is 9.59 Å². The summed E-state index contributed by atoms with van der Waals surface area (Å²) in [5.74, 6) is -0.617. The fourth-order valence-electron chi connectivity index (χ4n) is 4.07. The molecule has 3 aromatic rings. The van der Waals surface area contributed by atoms with Crippen LogP contribution in [0.25, 0.3) is 11.1 Å². The zero-order chi connectivity index (χ0) is 25.2. The number of halogens is 2. The summed E-state index contributed by atoms with van der Waals surface area (Å²) in [7, 11) is 0. The van der Waals surface area contributed by atoms with E-state index in [0.29, 0.717) is 11.3 Å². The van der Waals surface area contributed by atoms with Gasteiger partial charge in [-0.3, -0.25) is 9.69 Å². The molecule has 1 unspecified atom stereocenters. The van der Waals surface area contributed by atoms with Crippen molar-refractivity contribution in [2.75, 3.05) is 18.0 Å². The molecule has 8 heteroatoms. The molecule has 1 aliphatic heterocycles. The van der Waals surface area contributed by atoms with Crippen LogP contribution in [0, 0.1) is 5.82 Å². The second-order valence-electron chi connectivity index (χ2n) is 9.92. The van der Waals surface area contributed by atoms with E-state index in [4.69, 9.17) is 4.74 Å². The minimum absolute atomic E-state index is 0. The van der Waals surface area contributed by atoms with Gasteiger partial charge in [-0.2, -0.15) is 0 Å². The molecule has 1 fully saturated rings. The quantitative estimate of drug-likeness (QED) is 0.470. The minimum Gasteiger partial charge on any atom is -1.00 e. The normalized spacial score (nSPS) is 15.3. The van der Waals surface area contributed by atoms with E-state index in [1.807, 2.05) is 24.5 Å². The topological polar surface area (TPSA) is 62.5 Å². The standard InChI is InChI=1S/C28H30FN3O3.BrH/c1-19(33)30-16-24-18-32(27(34)35-24)23-9-10-25(26(29)15-23)21-11-13-31(14-12-21)17-20-5-7-22(8-6-20)28(2,3)4;/h5-15,24H,16-18H2,1-4H3;1H. The van der Waals surface area contributed by atoms with Gasteiger partial charge in [-0.15, -0.1) is 0 Å². The number of nitrogens with one attached hydrogen (secondary N) is 1. The van der Waals surface area contributed by atoms with Crippen molar-refractivity contribution in [3.63, 3.8) is 0 Å². The summed E-state index contributed by atoms with van der Waals surface area (Å²) in [5, 5.41) is 2.63. The summed E-state index contributed by atoms with van der Waals surface area (Å²) in [6.07, 6.45) is 2.85. The first-order chi connectivity index (χ1) is 16.6. The summed E-state index contributed by atoms with van der Waals surface area (Å²) in [4.78, 5) is 24.7. The van der Waals surface area contributed by atoms with Crippen LogP contribution in [0.1, 0.15) is 38.8 Å². The number of amides is 2. The fourth-order valence-corrected chi connectivity index (χ4v) is 4.07.